The van der Waals surface area contributed by atoms with Gasteiger partial charge in [0.15, 0.2) is 0 Å². The standard InChI is InChI=1S/C11H12N3O.W/c1-3-15-11-8-13-7-10(14-11)9(2)5-4-6-12;/h2,4-5,7-8H,3,12H2,1H3;/q-1;/b5-4-;. The number of nitrogens with two attached hydrogens (primary N) is 1. The van der Waals surface area contributed by atoms with Crippen LogP contribution in [-0.4, -0.2) is 20.6 Å². The summed E-state index contributed by atoms with van der Waals surface area (Å²) in [6.07, 6.45) is 6.59. The predicted octanol–water partition coefficient (Wildman–Crippen LogP) is 0.883. The average molecular weight is 386 g/mol. The third-order valence-corrected chi connectivity index (χ3v) is 2.12. The SMILES string of the molecule is [CH-]=C(/C=C\[C](N)=[W])c1cncc(OCC)n1. The van der Waals surface area contributed by atoms with E-state index in [9.17, 15) is 0 Å². The van der Waals surface area contributed by atoms with Gasteiger partial charge in [0, 0.05) is 0 Å². The molecule has 0 aliphatic rings. The van der Waals surface area contributed by atoms with Crippen LogP contribution in [0.25, 0.3) is 5.57 Å². The van der Waals surface area contributed by atoms with E-state index in [0.717, 1.165) is 4.02 Å². The van der Waals surface area contributed by atoms with Crippen LogP contribution in [0.2, 0.25) is 0 Å². The van der Waals surface area contributed by atoms with Gasteiger partial charge in [-0.25, -0.2) is 0 Å². The molecule has 0 spiro atoms. The zero-order chi connectivity index (χ0) is 12.0. The second-order valence-electron chi connectivity index (χ2n) is 2.87. The van der Waals surface area contributed by atoms with Crippen LogP contribution in [-0.2, 0) is 19.4 Å². The Morgan fingerprint density at radius 3 is 2.94 bits per heavy atom. The fourth-order valence-electron chi connectivity index (χ4n) is 0.962. The molecule has 16 heavy (non-hydrogen) atoms. The Bertz CT molecular complexity index is 429. The van der Waals surface area contributed by atoms with Crippen molar-refractivity contribution in [2.45, 2.75) is 6.92 Å². The van der Waals surface area contributed by atoms with Crippen LogP contribution >= 0.6 is 0 Å². The molecule has 0 aliphatic heterocycles. The molecule has 0 aromatic carbocycles. The van der Waals surface area contributed by atoms with E-state index in [1.807, 2.05) is 6.92 Å². The van der Waals surface area contributed by atoms with E-state index in [4.69, 9.17) is 17.0 Å². The van der Waals surface area contributed by atoms with Crippen molar-refractivity contribution in [1.82, 2.24) is 9.97 Å². The number of hydrogen-bond acceptors (Lipinski definition) is 4. The zero-order valence-electron chi connectivity index (χ0n) is 8.88. The molecule has 0 fully saturated rings. The molecule has 0 aliphatic carbocycles. The summed E-state index contributed by atoms with van der Waals surface area (Å²) in [6.45, 7) is 8.25. The van der Waals surface area contributed by atoms with Crippen molar-refractivity contribution in [3.8, 4) is 5.88 Å². The van der Waals surface area contributed by atoms with Crippen molar-refractivity contribution in [3.05, 3.63) is 36.8 Å². The quantitative estimate of drug-likeness (QED) is 0.603. The van der Waals surface area contributed by atoms with Gasteiger partial charge in [-0.15, -0.1) is 0 Å². The third-order valence-electron chi connectivity index (χ3n) is 1.63. The Kier molecular flexibility index (Phi) is 5.23. The summed E-state index contributed by atoms with van der Waals surface area (Å²) in [5.74, 6) is 0.468. The number of hydrogen-bond donors (Lipinski definition) is 1. The maximum absolute atomic E-state index is 5.82. The van der Waals surface area contributed by atoms with E-state index in [1.165, 1.54) is 19.4 Å². The molecule has 84 valence electrons. The predicted molar refractivity (Wildman–Crippen MR) is 59.2 cm³/mol. The second kappa shape index (κ2) is 6.46. The van der Waals surface area contributed by atoms with Crippen molar-refractivity contribution in [3.63, 3.8) is 0 Å². The van der Waals surface area contributed by atoms with Gasteiger partial charge in [0.1, 0.15) is 0 Å². The molecule has 1 aromatic rings. The maximum atomic E-state index is 5.82. The van der Waals surface area contributed by atoms with Gasteiger partial charge in [0.05, 0.1) is 0 Å². The van der Waals surface area contributed by atoms with Crippen molar-refractivity contribution in [1.29, 1.82) is 0 Å². The van der Waals surface area contributed by atoms with Crippen molar-refractivity contribution < 1.29 is 24.1 Å². The number of aromatic nitrogens is 2. The fourth-order valence-corrected chi connectivity index (χ4v) is 1.21. The monoisotopic (exact) mass is 386 g/mol. The van der Waals surface area contributed by atoms with Crippen LogP contribution in [0.5, 0.6) is 5.88 Å². The number of nitrogens with zero attached hydrogens (tertiary/aromatic N) is 2. The molecule has 0 bridgehead atoms. The Hall–Kier alpha value is -1.12. The van der Waals surface area contributed by atoms with Crippen molar-refractivity contribution in [2.75, 3.05) is 6.61 Å². The van der Waals surface area contributed by atoms with Gasteiger partial charge < -0.3 is 0 Å². The van der Waals surface area contributed by atoms with Gasteiger partial charge in [-0.05, 0) is 0 Å². The van der Waals surface area contributed by atoms with E-state index in [-0.39, 0.29) is 0 Å². The molecule has 1 aromatic heterocycles. The molecule has 0 saturated heterocycles. The van der Waals surface area contributed by atoms with Crippen LogP contribution in [0, 0.1) is 6.58 Å². The molecule has 0 radical (unpaired) electrons. The van der Waals surface area contributed by atoms with Crippen molar-refractivity contribution >= 4 is 9.59 Å². The average Bonchev–Trinajstić information content (AvgIpc) is 2.26. The molecule has 1 rings (SSSR count). The molecular formula is C11H12N3OW-. The van der Waals surface area contributed by atoms with Crippen LogP contribution < -0.4 is 10.5 Å². The van der Waals surface area contributed by atoms with Crippen LogP contribution in [0.1, 0.15) is 12.6 Å². The molecule has 1 heterocycles. The summed E-state index contributed by atoms with van der Waals surface area (Å²) in [5.41, 5.74) is 6.63. The molecule has 0 amide bonds. The summed E-state index contributed by atoms with van der Waals surface area (Å²) in [7, 11) is 0. The minimum absolute atomic E-state index is 0.468. The first-order chi connectivity index (χ1) is 7.63. The van der Waals surface area contributed by atoms with Gasteiger partial charge in [0.25, 0.3) is 0 Å². The number of allylic oxidation sites excluding steroid dienone is 2. The van der Waals surface area contributed by atoms with Gasteiger partial charge >= 0.3 is 106 Å². The Balaban J connectivity index is 2.83. The summed E-state index contributed by atoms with van der Waals surface area (Å²) in [5, 5.41) is 0. The second-order valence-corrected chi connectivity index (χ2v) is 4.56. The first-order valence-electron chi connectivity index (χ1n) is 4.68. The zero-order valence-corrected chi connectivity index (χ0v) is 11.8. The fraction of sp³-hybridized carbons (Fsp3) is 0.182. The van der Waals surface area contributed by atoms with Gasteiger partial charge in [-0.3, -0.25) is 0 Å². The summed E-state index contributed by atoms with van der Waals surface area (Å²) >= 11 is 1.20. The van der Waals surface area contributed by atoms with Gasteiger partial charge in [-0.2, -0.15) is 0 Å². The summed E-state index contributed by atoms with van der Waals surface area (Å²) in [4.78, 5) is 8.20. The summed E-state index contributed by atoms with van der Waals surface area (Å²) in [6, 6.07) is 0. The van der Waals surface area contributed by atoms with Gasteiger partial charge in [-0.1, -0.05) is 0 Å². The van der Waals surface area contributed by atoms with Crippen LogP contribution in [0.15, 0.2) is 24.5 Å². The van der Waals surface area contributed by atoms with Crippen LogP contribution in [0.3, 0.4) is 0 Å². The first-order valence-corrected chi connectivity index (χ1v) is 6.15. The Labute approximate surface area is 106 Å². The molecule has 5 heteroatoms. The number of ether oxygens (including phenoxy) is 1. The van der Waals surface area contributed by atoms with E-state index >= 15 is 0 Å². The molecule has 2 N–H and O–H groups in total. The van der Waals surface area contributed by atoms with E-state index in [1.54, 1.807) is 24.5 Å². The number of rotatable bonds is 5. The van der Waals surface area contributed by atoms with E-state index < -0.39 is 0 Å². The third kappa shape index (κ3) is 4.17. The molecule has 4 nitrogen and oxygen atoms in total. The summed E-state index contributed by atoms with van der Waals surface area (Å²) < 4.78 is 5.99. The minimum atomic E-state index is 0.468. The molecule has 0 unspecified atom stereocenters. The molecular weight excluding hydrogens is 374 g/mol. The Morgan fingerprint density at radius 1 is 1.56 bits per heavy atom. The van der Waals surface area contributed by atoms with E-state index in [0.29, 0.717) is 23.8 Å². The topological polar surface area (TPSA) is 61.0 Å². The molecule has 0 saturated carbocycles. The Morgan fingerprint density at radius 2 is 2.31 bits per heavy atom. The van der Waals surface area contributed by atoms with E-state index in [2.05, 4.69) is 9.97 Å². The normalized spacial score (nSPS) is 10.4. The van der Waals surface area contributed by atoms with Crippen molar-refractivity contribution in [2.24, 2.45) is 5.73 Å². The first kappa shape index (κ1) is 12.9. The molecule has 0 atom stereocenters. The van der Waals surface area contributed by atoms with Gasteiger partial charge in [0.2, 0.25) is 0 Å². The van der Waals surface area contributed by atoms with Crippen LogP contribution in [0.4, 0.5) is 0 Å².